The number of thiol groups is 1. The quantitative estimate of drug-likeness (QED) is 0.477. The first-order valence-electron chi connectivity index (χ1n) is 4.17. The smallest absolute Gasteiger partial charge is 0.202 e. The van der Waals surface area contributed by atoms with E-state index >= 15 is 0 Å². The summed E-state index contributed by atoms with van der Waals surface area (Å²) in [7, 11) is 0. The fourth-order valence-corrected chi connectivity index (χ4v) is 1.04. The second-order valence-corrected chi connectivity index (χ2v) is 3.23. The van der Waals surface area contributed by atoms with E-state index in [9.17, 15) is 4.79 Å². The van der Waals surface area contributed by atoms with Gasteiger partial charge in [0.25, 0.3) is 0 Å². The van der Waals surface area contributed by atoms with Gasteiger partial charge in [0.1, 0.15) is 0 Å². The zero-order valence-corrected chi connectivity index (χ0v) is 7.94. The van der Waals surface area contributed by atoms with E-state index in [-0.39, 0.29) is 11.2 Å². The molecular weight excluding hydrogens is 158 g/mol. The molecule has 2 nitrogen and oxygen atoms in total. The van der Waals surface area contributed by atoms with Gasteiger partial charge in [-0.25, -0.2) is 0 Å². The first-order chi connectivity index (χ1) is 5.18. The third-order valence-electron chi connectivity index (χ3n) is 1.69. The van der Waals surface area contributed by atoms with Crippen LogP contribution in [0.4, 0.5) is 0 Å². The minimum absolute atomic E-state index is 0.193. The Bertz CT molecular complexity index is 117. The van der Waals surface area contributed by atoms with Crippen molar-refractivity contribution in [3.63, 3.8) is 0 Å². The topological polar surface area (TPSA) is 43.1 Å². The summed E-state index contributed by atoms with van der Waals surface area (Å²) in [6, 6.07) is -0.352. The van der Waals surface area contributed by atoms with Crippen molar-refractivity contribution in [2.45, 2.75) is 45.1 Å². The Balaban J connectivity index is 3.17. The van der Waals surface area contributed by atoms with Crippen LogP contribution in [-0.2, 0) is 4.79 Å². The van der Waals surface area contributed by atoms with Crippen LogP contribution in [0.1, 0.15) is 39.0 Å². The lowest BCUT2D eigenvalue weighted by molar-refractivity contribution is -0.112. The Morgan fingerprint density at radius 1 is 1.45 bits per heavy atom. The molecule has 0 spiro atoms. The van der Waals surface area contributed by atoms with Gasteiger partial charge in [0.2, 0.25) is 5.12 Å². The van der Waals surface area contributed by atoms with Crippen LogP contribution in [-0.4, -0.2) is 11.2 Å². The first kappa shape index (κ1) is 11.0. The molecule has 0 saturated heterocycles. The van der Waals surface area contributed by atoms with Crippen LogP contribution >= 0.6 is 12.6 Å². The molecule has 1 atom stereocenters. The summed E-state index contributed by atoms with van der Waals surface area (Å²) in [6.07, 6.45) is 5.44. The van der Waals surface area contributed by atoms with Crippen molar-refractivity contribution in [2.24, 2.45) is 5.73 Å². The molecule has 3 heteroatoms. The monoisotopic (exact) mass is 175 g/mol. The maximum absolute atomic E-state index is 10.5. The van der Waals surface area contributed by atoms with Crippen molar-refractivity contribution in [1.82, 2.24) is 0 Å². The van der Waals surface area contributed by atoms with Crippen molar-refractivity contribution in [3.05, 3.63) is 0 Å². The van der Waals surface area contributed by atoms with Gasteiger partial charge in [-0.05, 0) is 6.42 Å². The number of hydrogen-bond acceptors (Lipinski definition) is 2. The van der Waals surface area contributed by atoms with Crippen molar-refractivity contribution < 1.29 is 4.79 Å². The van der Waals surface area contributed by atoms with Crippen LogP contribution in [0.2, 0.25) is 0 Å². The minimum Gasteiger partial charge on any atom is -0.321 e. The van der Waals surface area contributed by atoms with Crippen molar-refractivity contribution in [1.29, 1.82) is 0 Å². The average molecular weight is 175 g/mol. The molecule has 0 aliphatic heterocycles. The zero-order chi connectivity index (χ0) is 8.69. The van der Waals surface area contributed by atoms with E-state index in [0.717, 1.165) is 12.8 Å². The summed E-state index contributed by atoms with van der Waals surface area (Å²) >= 11 is 3.65. The average Bonchev–Trinajstić information content (AvgIpc) is 1.97. The molecule has 0 heterocycles. The minimum atomic E-state index is -0.352. The zero-order valence-electron chi connectivity index (χ0n) is 7.05. The summed E-state index contributed by atoms with van der Waals surface area (Å²) in [6.45, 7) is 2.16. The highest BCUT2D eigenvalue weighted by atomic mass is 32.1. The fourth-order valence-electron chi connectivity index (χ4n) is 0.915. The summed E-state index contributed by atoms with van der Waals surface area (Å²) in [4.78, 5) is 10.5. The van der Waals surface area contributed by atoms with E-state index in [1.165, 1.54) is 19.3 Å². The van der Waals surface area contributed by atoms with E-state index in [1.807, 2.05) is 0 Å². The van der Waals surface area contributed by atoms with Gasteiger partial charge in [0.05, 0.1) is 6.04 Å². The molecule has 0 aliphatic carbocycles. The molecular formula is C8H17NOS. The van der Waals surface area contributed by atoms with Crippen LogP contribution in [0.15, 0.2) is 0 Å². The summed E-state index contributed by atoms with van der Waals surface area (Å²) < 4.78 is 0. The molecule has 0 rings (SSSR count). The van der Waals surface area contributed by atoms with Gasteiger partial charge in [-0.2, -0.15) is 0 Å². The molecule has 1 unspecified atom stereocenters. The van der Waals surface area contributed by atoms with Crippen LogP contribution in [0.3, 0.4) is 0 Å². The Labute approximate surface area is 74.0 Å². The van der Waals surface area contributed by atoms with E-state index in [4.69, 9.17) is 5.73 Å². The number of carbonyl (C=O) groups is 1. The van der Waals surface area contributed by atoms with Gasteiger partial charge in [-0.15, -0.1) is 12.6 Å². The molecule has 0 aliphatic rings. The van der Waals surface area contributed by atoms with Crippen LogP contribution in [0.25, 0.3) is 0 Å². The van der Waals surface area contributed by atoms with E-state index in [1.54, 1.807) is 0 Å². The van der Waals surface area contributed by atoms with Crippen LogP contribution < -0.4 is 5.73 Å². The standard InChI is InChI=1S/C8H17NOS/c1-2-3-4-5-6-7(9)8(10)11/h7H,2-6,9H2,1H3,(H,10,11). The maximum Gasteiger partial charge on any atom is 0.202 e. The lowest BCUT2D eigenvalue weighted by atomic mass is 10.1. The molecule has 0 aromatic heterocycles. The van der Waals surface area contributed by atoms with Crippen LogP contribution in [0, 0.1) is 0 Å². The number of rotatable bonds is 6. The molecule has 0 fully saturated rings. The predicted octanol–water partition coefficient (Wildman–Crippen LogP) is 1.74. The van der Waals surface area contributed by atoms with Crippen molar-refractivity contribution >= 4 is 17.7 Å². The van der Waals surface area contributed by atoms with Crippen molar-refractivity contribution in [3.8, 4) is 0 Å². The highest BCUT2D eigenvalue weighted by Gasteiger charge is 2.07. The number of hydrogen-bond donors (Lipinski definition) is 2. The van der Waals surface area contributed by atoms with E-state index < -0.39 is 0 Å². The lowest BCUT2D eigenvalue weighted by Crippen LogP contribution is -2.26. The van der Waals surface area contributed by atoms with Crippen molar-refractivity contribution in [2.75, 3.05) is 0 Å². The second-order valence-electron chi connectivity index (χ2n) is 2.79. The van der Waals surface area contributed by atoms with Gasteiger partial charge >= 0.3 is 0 Å². The largest absolute Gasteiger partial charge is 0.321 e. The Morgan fingerprint density at radius 3 is 2.55 bits per heavy atom. The Morgan fingerprint density at radius 2 is 2.09 bits per heavy atom. The number of nitrogens with two attached hydrogens (primary N) is 1. The van der Waals surface area contributed by atoms with E-state index in [0.29, 0.717) is 0 Å². The molecule has 2 N–H and O–H groups in total. The van der Waals surface area contributed by atoms with Crippen LogP contribution in [0.5, 0.6) is 0 Å². The van der Waals surface area contributed by atoms with Gasteiger partial charge in [-0.1, -0.05) is 32.6 Å². The van der Waals surface area contributed by atoms with E-state index in [2.05, 4.69) is 19.6 Å². The maximum atomic E-state index is 10.5. The lowest BCUT2D eigenvalue weighted by Gasteiger charge is -2.05. The third-order valence-corrected chi connectivity index (χ3v) is 2.02. The molecule has 0 bridgehead atoms. The highest BCUT2D eigenvalue weighted by Crippen LogP contribution is 2.05. The Hall–Kier alpha value is -0.0200. The Kier molecular flexibility index (Phi) is 6.66. The molecule has 0 aromatic carbocycles. The summed E-state index contributed by atoms with van der Waals surface area (Å²) in [5.41, 5.74) is 5.47. The highest BCUT2D eigenvalue weighted by molar-refractivity contribution is 7.96. The predicted molar refractivity (Wildman–Crippen MR) is 50.7 cm³/mol. The summed E-state index contributed by atoms with van der Waals surface area (Å²) in [5, 5.41) is -0.193. The molecule has 0 radical (unpaired) electrons. The number of unbranched alkanes of at least 4 members (excludes halogenated alkanes) is 3. The molecule has 11 heavy (non-hydrogen) atoms. The number of carbonyl (C=O) groups excluding carboxylic acids is 1. The molecule has 0 amide bonds. The van der Waals surface area contributed by atoms with Gasteiger partial charge in [0, 0.05) is 0 Å². The van der Waals surface area contributed by atoms with Gasteiger partial charge in [0.15, 0.2) is 0 Å². The summed E-state index contributed by atoms with van der Waals surface area (Å²) in [5.74, 6) is 0. The second kappa shape index (κ2) is 6.68. The molecule has 66 valence electrons. The fraction of sp³-hybridized carbons (Fsp3) is 0.875. The van der Waals surface area contributed by atoms with Gasteiger partial charge in [-0.3, -0.25) is 4.79 Å². The SMILES string of the molecule is CCCCCCC(N)C(=O)S. The van der Waals surface area contributed by atoms with Gasteiger partial charge < -0.3 is 5.73 Å². The normalized spacial score (nSPS) is 13.0. The third kappa shape index (κ3) is 6.38. The first-order valence-corrected chi connectivity index (χ1v) is 4.61. The molecule has 0 aromatic rings. The molecule has 0 saturated carbocycles.